The fourth-order valence-electron chi connectivity index (χ4n) is 2.94. The molecule has 1 aliphatic heterocycles. The van der Waals surface area contributed by atoms with Crippen molar-refractivity contribution in [3.05, 3.63) is 59.9 Å². The molecule has 1 saturated heterocycles. The summed E-state index contributed by atoms with van der Waals surface area (Å²) in [5, 5.41) is 0. The molecule has 1 fully saturated rings. The molecule has 1 aromatic heterocycles. The second-order valence-corrected chi connectivity index (χ2v) is 6.17. The highest BCUT2D eigenvalue weighted by atomic mass is 16.5. The minimum atomic E-state index is -0.222. The lowest BCUT2D eigenvalue weighted by molar-refractivity contribution is -0.142. The summed E-state index contributed by atoms with van der Waals surface area (Å²) < 4.78 is 5.30. The number of amides is 1. The molecule has 1 aliphatic rings. The van der Waals surface area contributed by atoms with Gasteiger partial charge in [0, 0.05) is 31.0 Å². The molecule has 0 N–H and O–H groups in total. The maximum Gasteiger partial charge on any atom is 0.310 e. The number of hydrogen-bond donors (Lipinski definition) is 0. The van der Waals surface area contributed by atoms with Gasteiger partial charge in [0.05, 0.1) is 13.0 Å². The molecule has 5 nitrogen and oxygen atoms in total. The van der Waals surface area contributed by atoms with E-state index in [1.807, 2.05) is 36.4 Å². The lowest BCUT2D eigenvalue weighted by Gasteiger charge is -2.15. The van der Waals surface area contributed by atoms with Crippen LogP contribution < -0.4 is 4.90 Å². The molecule has 5 heteroatoms. The first kappa shape index (κ1) is 17.1. The zero-order chi connectivity index (χ0) is 17.5. The molecule has 3 rings (SSSR count). The Hall–Kier alpha value is -2.69. The Bertz CT molecular complexity index is 713. The van der Waals surface area contributed by atoms with Crippen LogP contribution in [0.2, 0.25) is 0 Å². The van der Waals surface area contributed by atoms with E-state index in [1.165, 1.54) is 5.56 Å². The van der Waals surface area contributed by atoms with Crippen LogP contribution in [-0.2, 0) is 27.2 Å². The van der Waals surface area contributed by atoms with Gasteiger partial charge in [-0.05, 0) is 54.7 Å². The largest absolute Gasteiger partial charge is 0.465 e. The number of anilines is 1. The first-order valence-electron chi connectivity index (χ1n) is 8.66. The first-order chi connectivity index (χ1) is 12.2. The summed E-state index contributed by atoms with van der Waals surface area (Å²) in [5.41, 5.74) is 2.99. The summed E-state index contributed by atoms with van der Waals surface area (Å²) in [6, 6.07) is 11.5. The molecule has 2 aromatic rings. The highest BCUT2D eigenvalue weighted by Crippen LogP contribution is 2.21. The zero-order valence-corrected chi connectivity index (χ0v) is 14.2. The van der Waals surface area contributed by atoms with Crippen LogP contribution in [0, 0.1) is 0 Å². The Morgan fingerprint density at radius 2 is 1.84 bits per heavy atom. The molecule has 1 aromatic carbocycles. The lowest BCUT2D eigenvalue weighted by Crippen LogP contribution is -2.23. The molecule has 0 atom stereocenters. The molecule has 0 aliphatic carbocycles. The standard InChI is InChI=1S/C20H22N2O3/c23-19-4-1-13-22(19)18-7-5-17(6-8-18)15-20(24)25-14-2-3-16-9-11-21-12-10-16/h5-12H,1-4,13-15H2. The molecular weight excluding hydrogens is 316 g/mol. The minimum absolute atomic E-state index is 0.168. The first-order valence-corrected chi connectivity index (χ1v) is 8.66. The Labute approximate surface area is 147 Å². The quantitative estimate of drug-likeness (QED) is 0.575. The Morgan fingerprint density at radius 3 is 2.52 bits per heavy atom. The summed E-state index contributed by atoms with van der Waals surface area (Å²) in [7, 11) is 0. The Morgan fingerprint density at radius 1 is 1.08 bits per heavy atom. The van der Waals surface area contributed by atoms with Gasteiger partial charge in [-0.15, -0.1) is 0 Å². The molecule has 2 heterocycles. The van der Waals surface area contributed by atoms with Crippen molar-refractivity contribution in [2.75, 3.05) is 18.1 Å². The number of hydrogen-bond acceptors (Lipinski definition) is 4. The van der Waals surface area contributed by atoms with Crippen molar-refractivity contribution in [1.29, 1.82) is 0 Å². The topological polar surface area (TPSA) is 59.5 Å². The summed E-state index contributed by atoms with van der Waals surface area (Å²) in [6.07, 6.45) is 6.98. The van der Waals surface area contributed by atoms with E-state index in [2.05, 4.69) is 4.98 Å². The summed E-state index contributed by atoms with van der Waals surface area (Å²) in [6.45, 7) is 1.19. The highest BCUT2D eigenvalue weighted by Gasteiger charge is 2.21. The van der Waals surface area contributed by atoms with Crippen LogP contribution in [0.3, 0.4) is 0 Å². The van der Waals surface area contributed by atoms with Gasteiger partial charge in [0.2, 0.25) is 5.91 Å². The van der Waals surface area contributed by atoms with Crippen molar-refractivity contribution >= 4 is 17.6 Å². The molecule has 25 heavy (non-hydrogen) atoms. The lowest BCUT2D eigenvalue weighted by atomic mass is 10.1. The number of rotatable bonds is 7. The van der Waals surface area contributed by atoms with Crippen LogP contribution in [0.1, 0.15) is 30.4 Å². The van der Waals surface area contributed by atoms with Gasteiger partial charge >= 0.3 is 5.97 Å². The van der Waals surface area contributed by atoms with E-state index in [9.17, 15) is 9.59 Å². The average Bonchev–Trinajstić information content (AvgIpc) is 3.06. The van der Waals surface area contributed by atoms with E-state index in [-0.39, 0.29) is 18.3 Å². The van der Waals surface area contributed by atoms with Crippen LogP contribution in [0.15, 0.2) is 48.8 Å². The van der Waals surface area contributed by atoms with Crippen LogP contribution in [0.25, 0.3) is 0 Å². The van der Waals surface area contributed by atoms with Gasteiger partial charge < -0.3 is 9.64 Å². The monoisotopic (exact) mass is 338 g/mol. The predicted molar refractivity (Wildman–Crippen MR) is 95.3 cm³/mol. The molecule has 0 spiro atoms. The van der Waals surface area contributed by atoms with Gasteiger partial charge in [-0.2, -0.15) is 0 Å². The van der Waals surface area contributed by atoms with Crippen molar-refractivity contribution in [3.8, 4) is 0 Å². The smallest absolute Gasteiger partial charge is 0.310 e. The third-order valence-corrected chi connectivity index (χ3v) is 4.29. The summed E-state index contributed by atoms with van der Waals surface area (Å²) in [4.78, 5) is 29.4. The number of pyridine rings is 1. The molecular formula is C20H22N2O3. The maximum atomic E-state index is 11.9. The van der Waals surface area contributed by atoms with Crippen molar-refractivity contribution in [2.45, 2.75) is 32.1 Å². The number of ether oxygens (including phenoxy) is 1. The van der Waals surface area contributed by atoms with Crippen LogP contribution in [0.5, 0.6) is 0 Å². The van der Waals surface area contributed by atoms with Gasteiger partial charge in [0.15, 0.2) is 0 Å². The zero-order valence-electron chi connectivity index (χ0n) is 14.2. The number of aryl methyl sites for hydroxylation is 1. The maximum absolute atomic E-state index is 11.9. The molecule has 0 bridgehead atoms. The predicted octanol–water partition coefficient (Wildman–Crippen LogP) is 2.93. The molecule has 0 saturated carbocycles. The van der Waals surface area contributed by atoms with Crippen molar-refractivity contribution in [2.24, 2.45) is 0 Å². The van der Waals surface area contributed by atoms with Crippen LogP contribution >= 0.6 is 0 Å². The van der Waals surface area contributed by atoms with Crippen LogP contribution in [0.4, 0.5) is 5.69 Å². The van der Waals surface area contributed by atoms with Crippen molar-refractivity contribution in [3.63, 3.8) is 0 Å². The van der Waals surface area contributed by atoms with E-state index in [0.717, 1.165) is 37.1 Å². The van der Waals surface area contributed by atoms with Gasteiger partial charge in [-0.25, -0.2) is 0 Å². The van der Waals surface area contributed by atoms with E-state index in [1.54, 1.807) is 17.3 Å². The molecule has 0 radical (unpaired) electrons. The van der Waals surface area contributed by atoms with E-state index < -0.39 is 0 Å². The number of carbonyl (C=O) groups is 2. The molecule has 130 valence electrons. The third-order valence-electron chi connectivity index (χ3n) is 4.29. The fourth-order valence-corrected chi connectivity index (χ4v) is 2.94. The van der Waals surface area contributed by atoms with Gasteiger partial charge in [0.1, 0.15) is 0 Å². The molecule has 1 amide bonds. The van der Waals surface area contributed by atoms with Gasteiger partial charge in [-0.1, -0.05) is 12.1 Å². The number of benzene rings is 1. The number of carbonyl (C=O) groups excluding carboxylic acids is 2. The third kappa shape index (κ3) is 4.89. The van der Waals surface area contributed by atoms with E-state index in [0.29, 0.717) is 13.0 Å². The van der Waals surface area contributed by atoms with Crippen molar-refractivity contribution in [1.82, 2.24) is 4.98 Å². The van der Waals surface area contributed by atoms with E-state index in [4.69, 9.17) is 4.74 Å². The Balaban J connectivity index is 1.41. The second kappa shape index (κ2) is 8.42. The average molecular weight is 338 g/mol. The highest BCUT2D eigenvalue weighted by molar-refractivity contribution is 5.95. The summed E-state index contributed by atoms with van der Waals surface area (Å²) >= 11 is 0. The summed E-state index contributed by atoms with van der Waals surface area (Å²) in [5.74, 6) is -0.0546. The van der Waals surface area contributed by atoms with Gasteiger partial charge in [-0.3, -0.25) is 14.6 Å². The normalized spacial score (nSPS) is 13.9. The minimum Gasteiger partial charge on any atom is -0.465 e. The van der Waals surface area contributed by atoms with Crippen molar-refractivity contribution < 1.29 is 14.3 Å². The number of nitrogens with zero attached hydrogens (tertiary/aromatic N) is 2. The Kier molecular flexibility index (Phi) is 5.77. The fraction of sp³-hybridized carbons (Fsp3) is 0.350. The number of aromatic nitrogens is 1. The SMILES string of the molecule is O=C(Cc1ccc(N2CCCC2=O)cc1)OCCCc1ccncc1. The number of esters is 1. The second-order valence-electron chi connectivity index (χ2n) is 6.17. The van der Waals surface area contributed by atoms with Gasteiger partial charge in [0.25, 0.3) is 0 Å². The van der Waals surface area contributed by atoms with Crippen LogP contribution in [-0.4, -0.2) is 30.0 Å². The molecule has 0 unspecified atom stereocenters. The van der Waals surface area contributed by atoms with E-state index >= 15 is 0 Å².